The van der Waals surface area contributed by atoms with Crippen molar-refractivity contribution in [2.75, 3.05) is 32.8 Å². The summed E-state index contributed by atoms with van der Waals surface area (Å²) in [5, 5.41) is 2.68. The molecule has 0 aliphatic carbocycles. The number of morpholine rings is 1. The highest BCUT2D eigenvalue weighted by molar-refractivity contribution is 7.89. The highest BCUT2D eigenvalue weighted by Crippen LogP contribution is 2.21. The number of hydrogen-bond donors (Lipinski definition) is 2. The van der Waals surface area contributed by atoms with Gasteiger partial charge in [0.15, 0.2) is 0 Å². The molecular formula is C15H24ClN3O4S. The van der Waals surface area contributed by atoms with Gasteiger partial charge in [0.25, 0.3) is 5.91 Å². The molecule has 2 rings (SSSR count). The SMILES string of the molecule is CC(C)(N)CNC(=O)c1ccccc1S(=O)(=O)N1CCOCC1.Cl. The van der Waals surface area contributed by atoms with Crippen molar-refractivity contribution in [3.8, 4) is 0 Å². The number of carbonyl (C=O) groups is 1. The van der Waals surface area contributed by atoms with Gasteiger partial charge in [0.05, 0.1) is 23.7 Å². The summed E-state index contributed by atoms with van der Waals surface area (Å²) in [5.41, 5.74) is 5.40. The first-order valence-corrected chi connectivity index (χ1v) is 8.90. The number of nitrogens with zero attached hydrogens (tertiary/aromatic N) is 1. The van der Waals surface area contributed by atoms with Crippen LogP contribution in [0.5, 0.6) is 0 Å². The lowest BCUT2D eigenvalue weighted by Crippen LogP contribution is -2.45. The molecule has 1 saturated heterocycles. The third kappa shape index (κ3) is 5.15. The monoisotopic (exact) mass is 377 g/mol. The van der Waals surface area contributed by atoms with Crippen LogP contribution in [-0.4, -0.2) is 57.0 Å². The van der Waals surface area contributed by atoms with E-state index in [-0.39, 0.29) is 42.5 Å². The van der Waals surface area contributed by atoms with Crippen LogP contribution >= 0.6 is 12.4 Å². The molecule has 1 amide bonds. The summed E-state index contributed by atoms with van der Waals surface area (Å²) >= 11 is 0. The minimum absolute atomic E-state index is 0. The van der Waals surface area contributed by atoms with E-state index in [4.69, 9.17) is 10.5 Å². The Labute approximate surface area is 149 Å². The van der Waals surface area contributed by atoms with Crippen molar-refractivity contribution in [3.05, 3.63) is 29.8 Å². The molecular weight excluding hydrogens is 354 g/mol. The van der Waals surface area contributed by atoms with Gasteiger partial charge in [0.1, 0.15) is 0 Å². The first-order chi connectivity index (χ1) is 10.7. The minimum atomic E-state index is -3.73. The standard InChI is InChI=1S/C15H23N3O4S.ClH/c1-15(2,16)11-17-14(19)12-5-3-4-6-13(12)23(20,21)18-7-9-22-10-8-18;/h3-6H,7-11,16H2,1-2H3,(H,17,19);1H. The zero-order chi connectivity index (χ0) is 17.1. The number of rotatable bonds is 5. The van der Waals surface area contributed by atoms with Gasteiger partial charge in [-0.3, -0.25) is 4.79 Å². The molecule has 24 heavy (non-hydrogen) atoms. The van der Waals surface area contributed by atoms with Gasteiger partial charge in [-0.2, -0.15) is 4.31 Å². The van der Waals surface area contributed by atoms with Crippen molar-refractivity contribution >= 4 is 28.3 Å². The van der Waals surface area contributed by atoms with Gasteiger partial charge in [-0.05, 0) is 26.0 Å². The Hall–Kier alpha value is -1.19. The molecule has 1 aromatic carbocycles. The average molecular weight is 378 g/mol. The summed E-state index contributed by atoms with van der Waals surface area (Å²) in [7, 11) is -3.73. The fraction of sp³-hybridized carbons (Fsp3) is 0.533. The van der Waals surface area contributed by atoms with E-state index < -0.39 is 21.5 Å². The molecule has 1 aliphatic rings. The van der Waals surface area contributed by atoms with E-state index in [2.05, 4.69) is 5.32 Å². The van der Waals surface area contributed by atoms with Crippen LogP contribution in [0.3, 0.4) is 0 Å². The van der Waals surface area contributed by atoms with Gasteiger partial charge in [0, 0.05) is 25.2 Å². The molecule has 0 spiro atoms. The smallest absolute Gasteiger partial charge is 0.252 e. The van der Waals surface area contributed by atoms with E-state index in [0.717, 1.165) is 0 Å². The number of hydrogen-bond acceptors (Lipinski definition) is 5. The van der Waals surface area contributed by atoms with Crippen molar-refractivity contribution < 1.29 is 17.9 Å². The zero-order valence-electron chi connectivity index (χ0n) is 13.8. The molecule has 0 atom stereocenters. The lowest BCUT2D eigenvalue weighted by Gasteiger charge is -2.27. The normalized spacial score (nSPS) is 16.3. The number of sulfonamides is 1. The molecule has 136 valence electrons. The van der Waals surface area contributed by atoms with E-state index >= 15 is 0 Å². The predicted molar refractivity (Wildman–Crippen MR) is 93.9 cm³/mol. The van der Waals surface area contributed by atoms with Crippen LogP contribution in [0, 0.1) is 0 Å². The molecule has 0 aromatic heterocycles. The Morgan fingerprint density at radius 3 is 2.46 bits per heavy atom. The van der Waals surface area contributed by atoms with Crippen LogP contribution in [-0.2, 0) is 14.8 Å². The number of nitrogens with two attached hydrogens (primary N) is 1. The van der Waals surface area contributed by atoms with Gasteiger partial charge in [-0.1, -0.05) is 12.1 Å². The van der Waals surface area contributed by atoms with Crippen LogP contribution in [0.25, 0.3) is 0 Å². The summed E-state index contributed by atoms with van der Waals surface area (Å²) in [4.78, 5) is 12.4. The van der Waals surface area contributed by atoms with Gasteiger partial charge in [-0.25, -0.2) is 8.42 Å². The summed E-state index contributed by atoms with van der Waals surface area (Å²) in [6.45, 7) is 5.09. The number of halogens is 1. The van der Waals surface area contributed by atoms with Crippen LogP contribution in [0.2, 0.25) is 0 Å². The number of carbonyl (C=O) groups excluding carboxylic acids is 1. The number of amides is 1. The van der Waals surface area contributed by atoms with E-state index in [0.29, 0.717) is 13.2 Å². The Balaban J connectivity index is 0.00000288. The van der Waals surface area contributed by atoms with Crippen molar-refractivity contribution in [2.45, 2.75) is 24.3 Å². The lowest BCUT2D eigenvalue weighted by atomic mass is 10.1. The first-order valence-electron chi connectivity index (χ1n) is 7.46. The van der Waals surface area contributed by atoms with Gasteiger partial charge in [0.2, 0.25) is 10.0 Å². The maximum Gasteiger partial charge on any atom is 0.252 e. The Morgan fingerprint density at radius 2 is 1.88 bits per heavy atom. The maximum atomic E-state index is 12.8. The second-order valence-electron chi connectivity index (χ2n) is 6.18. The summed E-state index contributed by atoms with van der Waals surface area (Å²) in [6, 6.07) is 6.21. The van der Waals surface area contributed by atoms with Crippen LogP contribution in [0.1, 0.15) is 24.2 Å². The Morgan fingerprint density at radius 1 is 1.29 bits per heavy atom. The van der Waals surface area contributed by atoms with E-state index in [9.17, 15) is 13.2 Å². The van der Waals surface area contributed by atoms with Crippen molar-refractivity contribution in [1.29, 1.82) is 0 Å². The van der Waals surface area contributed by atoms with Crippen molar-refractivity contribution in [1.82, 2.24) is 9.62 Å². The van der Waals surface area contributed by atoms with Crippen molar-refractivity contribution in [3.63, 3.8) is 0 Å². The predicted octanol–water partition coefficient (Wildman–Crippen LogP) is 0.596. The fourth-order valence-corrected chi connectivity index (χ4v) is 3.81. The third-order valence-corrected chi connectivity index (χ3v) is 5.38. The maximum absolute atomic E-state index is 12.8. The van der Waals surface area contributed by atoms with Gasteiger partial charge in [-0.15, -0.1) is 12.4 Å². The highest BCUT2D eigenvalue weighted by atomic mass is 35.5. The minimum Gasteiger partial charge on any atom is -0.379 e. The summed E-state index contributed by atoms with van der Waals surface area (Å²) in [6.07, 6.45) is 0. The lowest BCUT2D eigenvalue weighted by molar-refractivity contribution is 0.0729. The molecule has 9 heteroatoms. The van der Waals surface area contributed by atoms with Crippen LogP contribution in [0.15, 0.2) is 29.2 Å². The highest BCUT2D eigenvalue weighted by Gasteiger charge is 2.30. The molecule has 7 nitrogen and oxygen atoms in total. The topological polar surface area (TPSA) is 102 Å². The van der Waals surface area contributed by atoms with Crippen molar-refractivity contribution in [2.24, 2.45) is 5.73 Å². The molecule has 0 radical (unpaired) electrons. The van der Waals surface area contributed by atoms with Gasteiger partial charge < -0.3 is 15.8 Å². The average Bonchev–Trinajstić information content (AvgIpc) is 2.53. The fourth-order valence-electron chi connectivity index (χ4n) is 2.21. The molecule has 1 heterocycles. The molecule has 0 unspecified atom stereocenters. The van der Waals surface area contributed by atoms with E-state index in [1.165, 1.54) is 16.4 Å². The number of nitrogens with one attached hydrogen (secondary N) is 1. The van der Waals surface area contributed by atoms with Crippen LogP contribution in [0.4, 0.5) is 0 Å². The number of ether oxygens (including phenoxy) is 1. The van der Waals surface area contributed by atoms with Gasteiger partial charge >= 0.3 is 0 Å². The third-order valence-electron chi connectivity index (χ3n) is 3.42. The largest absolute Gasteiger partial charge is 0.379 e. The van der Waals surface area contributed by atoms with E-state index in [1.54, 1.807) is 26.0 Å². The second kappa shape index (κ2) is 8.26. The molecule has 1 aliphatic heterocycles. The summed E-state index contributed by atoms with van der Waals surface area (Å²) < 4.78 is 32.1. The summed E-state index contributed by atoms with van der Waals surface area (Å²) in [5.74, 6) is -0.448. The molecule has 1 aromatic rings. The molecule has 1 fully saturated rings. The molecule has 3 N–H and O–H groups in total. The van der Waals surface area contributed by atoms with Crippen LogP contribution < -0.4 is 11.1 Å². The second-order valence-corrected chi connectivity index (χ2v) is 8.09. The first kappa shape index (κ1) is 20.9. The Bertz CT molecular complexity index is 668. The zero-order valence-corrected chi connectivity index (χ0v) is 15.5. The molecule has 0 saturated carbocycles. The Kier molecular flexibility index (Phi) is 7.18. The quantitative estimate of drug-likeness (QED) is 0.782. The van der Waals surface area contributed by atoms with E-state index in [1.807, 2.05) is 0 Å². The number of benzene rings is 1. The molecule has 0 bridgehead atoms.